The lowest BCUT2D eigenvalue weighted by atomic mass is 9.86. The lowest BCUT2D eigenvalue weighted by Crippen LogP contribution is -2.36. The average molecular weight is 607 g/mol. The normalized spacial score (nSPS) is 16.3. The molecule has 0 heterocycles. The van der Waals surface area contributed by atoms with Gasteiger partial charge in [0.1, 0.15) is 5.82 Å². The molecule has 2 unspecified atom stereocenters. The van der Waals surface area contributed by atoms with E-state index in [4.69, 9.17) is 23.2 Å². The standard InChI is InChI=1S/C30H34Cl2FN3O3S/c1-30(2,3)34-18-19-10-12-24-20(14-19)6-5-9-27(24)35-29(37)17-28(21-7-4-8-22(33)15-21)36-40(38,39)23-11-13-25(31)26(32)16-23/h4,7-8,10-16,27-28,34,36H,5-6,9,17-18H2,1-3H3,(H,35,37). The molecule has 1 amide bonds. The van der Waals surface area contributed by atoms with Gasteiger partial charge in [-0.1, -0.05) is 53.5 Å². The van der Waals surface area contributed by atoms with Gasteiger partial charge in [0.25, 0.3) is 0 Å². The minimum atomic E-state index is -4.11. The molecule has 4 rings (SSSR count). The quantitative estimate of drug-likeness (QED) is 0.256. The van der Waals surface area contributed by atoms with Crippen molar-refractivity contribution in [3.63, 3.8) is 0 Å². The fourth-order valence-electron chi connectivity index (χ4n) is 4.78. The summed E-state index contributed by atoms with van der Waals surface area (Å²) in [6.45, 7) is 7.12. The zero-order valence-electron chi connectivity index (χ0n) is 22.7. The maximum atomic E-state index is 14.1. The van der Waals surface area contributed by atoms with E-state index in [1.165, 1.54) is 47.5 Å². The van der Waals surface area contributed by atoms with E-state index in [1.807, 2.05) is 0 Å². The highest BCUT2D eigenvalue weighted by molar-refractivity contribution is 7.89. The first kappa shape index (κ1) is 30.5. The number of carbonyl (C=O) groups is 1. The van der Waals surface area contributed by atoms with Crippen molar-refractivity contribution in [1.29, 1.82) is 0 Å². The highest BCUT2D eigenvalue weighted by Crippen LogP contribution is 2.32. The monoisotopic (exact) mass is 605 g/mol. The summed E-state index contributed by atoms with van der Waals surface area (Å²) in [4.78, 5) is 13.2. The molecule has 0 fully saturated rings. The molecule has 10 heteroatoms. The number of benzene rings is 3. The van der Waals surface area contributed by atoms with Gasteiger partial charge in [-0.3, -0.25) is 4.79 Å². The second kappa shape index (κ2) is 12.6. The minimum Gasteiger partial charge on any atom is -0.349 e. The van der Waals surface area contributed by atoms with Gasteiger partial charge in [0, 0.05) is 18.5 Å². The van der Waals surface area contributed by atoms with Crippen LogP contribution in [0.25, 0.3) is 0 Å². The third-order valence-electron chi connectivity index (χ3n) is 6.82. The predicted molar refractivity (Wildman–Crippen MR) is 157 cm³/mol. The van der Waals surface area contributed by atoms with E-state index in [0.717, 1.165) is 31.4 Å². The number of hydrogen-bond acceptors (Lipinski definition) is 4. The Balaban J connectivity index is 1.52. The lowest BCUT2D eigenvalue weighted by Gasteiger charge is -2.28. The zero-order chi connectivity index (χ0) is 29.1. The summed E-state index contributed by atoms with van der Waals surface area (Å²) in [6, 6.07) is 14.6. The van der Waals surface area contributed by atoms with E-state index in [-0.39, 0.29) is 38.8 Å². The fourth-order valence-corrected chi connectivity index (χ4v) is 6.40. The first-order valence-corrected chi connectivity index (χ1v) is 15.4. The Labute approximate surface area is 245 Å². The Bertz CT molecular complexity index is 1490. The summed E-state index contributed by atoms with van der Waals surface area (Å²) in [5.41, 5.74) is 3.79. The largest absolute Gasteiger partial charge is 0.349 e. The number of rotatable bonds is 9. The van der Waals surface area contributed by atoms with Crippen LogP contribution in [0.4, 0.5) is 4.39 Å². The van der Waals surface area contributed by atoms with Crippen LogP contribution in [0.2, 0.25) is 10.0 Å². The van der Waals surface area contributed by atoms with Gasteiger partial charge in [-0.15, -0.1) is 0 Å². The SMILES string of the molecule is CC(C)(C)NCc1ccc2c(c1)CCCC2NC(=O)CC(NS(=O)(=O)c1ccc(Cl)c(Cl)c1)c1cccc(F)c1. The number of amides is 1. The molecule has 0 saturated heterocycles. The first-order chi connectivity index (χ1) is 18.8. The van der Waals surface area contributed by atoms with Crippen LogP contribution in [0.1, 0.15) is 74.4 Å². The molecule has 0 spiro atoms. The van der Waals surface area contributed by atoms with Crippen molar-refractivity contribution in [2.45, 2.75) is 75.5 Å². The van der Waals surface area contributed by atoms with Gasteiger partial charge in [-0.05, 0) is 92.6 Å². The van der Waals surface area contributed by atoms with Crippen LogP contribution < -0.4 is 15.4 Å². The van der Waals surface area contributed by atoms with Crippen LogP contribution in [-0.4, -0.2) is 19.9 Å². The molecule has 214 valence electrons. The topological polar surface area (TPSA) is 87.3 Å². The van der Waals surface area contributed by atoms with Crippen molar-refractivity contribution >= 4 is 39.1 Å². The molecule has 40 heavy (non-hydrogen) atoms. The molecule has 1 aliphatic rings. The van der Waals surface area contributed by atoms with Gasteiger partial charge in [0.15, 0.2) is 0 Å². The summed E-state index contributed by atoms with van der Waals surface area (Å²) in [6.07, 6.45) is 2.41. The highest BCUT2D eigenvalue weighted by Gasteiger charge is 2.27. The Morgan fingerprint density at radius 1 is 1.05 bits per heavy atom. The predicted octanol–water partition coefficient (Wildman–Crippen LogP) is 6.62. The van der Waals surface area contributed by atoms with Gasteiger partial charge in [-0.2, -0.15) is 0 Å². The second-order valence-electron chi connectivity index (χ2n) is 11.2. The van der Waals surface area contributed by atoms with E-state index < -0.39 is 21.9 Å². The smallest absolute Gasteiger partial charge is 0.241 e. The van der Waals surface area contributed by atoms with Crippen LogP contribution in [-0.2, 0) is 27.8 Å². The molecular formula is C30H34Cl2FN3O3S. The molecule has 0 bridgehead atoms. The molecule has 3 aromatic rings. The number of nitrogens with one attached hydrogen (secondary N) is 3. The van der Waals surface area contributed by atoms with E-state index in [1.54, 1.807) is 6.07 Å². The van der Waals surface area contributed by atoms with Gasteiger partial charge in [-0.25, -0.2) is 17.5 Å². The number of carbonyl (C=O) groups excluding carboxylic acids is 1. The summed E-state index contributed by atoms with van der Waals surface area (Å²) in [7, 11) is -4.11. The first-order valence-electron chi connectivity index (χ1n) is 13.2. The summed E-state index contributed by atoms with van der Waals surface area (Å²) < 4.78 is 43.1. The number of aryl methyl sites for hydroxylation is 1. The maximum absolute atomic E-state index is 14.1. The van der Waals surface area contributed by atoms with Gasteiger partial charge >= 0.3 is 0 Å². The zero-order valence-corrected chi connectivity index (χ0v) is 25.1. The molecular weight excluding hydrogens is 572 g/mol. The third kappa shape index (κ3) is 8.04. The Hall–Kier alpha value is -2.49. The van der Waals surface area contributed by atoms with Crippen molar-refractivity contribution in [2.75, 3.05) is 0 Å². The van der Waals surface area contributed by atoms with E-state index in [9.17, 15) is 17.6 Å². The van der Waals surface area contributed by atoms with Crippen molar-refractivity contribution in [3.8, 4) is 0 Å². The van der Waals surface area contributed by atoms with Crippen molar-refractivity contribution in [3.05, 3.63) is 98.8 Å². The molecule has 6 nitrogen and oxygen atoms in total. The fraction of sp³-hybridized carbons (Fsp3) is 0.367. The summed E-state index contributed by atoms with van der Waals surface area (Å²) in [5.74, 6) is -0.878. The Kier molecular flexibility index (Phi) is 9.58. The Morgan fingerprint density at radius 2 is 1.82 bits per heavy atom. The van der Waals surface area contributed by atoms with Crippen LogP contribution in [0, 0.1) is 5.82 Å². The van der Waals surface area contributed by atoms with Gasteiger partial charge in [0.05, 0.1) is 27.0 Å². The third-order valence-corrected chi connectivity index (χ3v) is 9.03. The van der Waals surface area contributed by atoms with Crippen LogP contribution in [0.3, 0.4) is 0 Å². The van der Waals surface area contributed by atoms with Crippen LogP contribution >= 0.6 is 23.2 Å². The van der Waals surface area contributed by atoms with E-state index >= 15 is 0 Å². The average Bonchev–Trinajstić information content (AvgIpc) is 2.88. The molecule has 0 saturated carbocycles. The molecule has 3 aromatic carbocycles. The molecule has 0 aliphatic heterocycles. The highest BCUT2D eigenvalue weighted by atomic mass is 35.5. The maximum Gasteiger partial charge on any atom is 0.241 e. The lowest BCUT2D eigenvalue weighted by molar-refractivity contribution is -0.122. The van der Waals surface area contributed by atoms with Gasteiger partial charge < -0.3 is 10.6 Å². The number of fused-ring (bicyclic) bond motifs is 1. The van der Waals surface area contributed by atoms with E-state index in [0.29, 0.717) is 5.56 Å². The number of halogens is 3. The number of hydrogen-bond donors (Lipinski definition) is 3. The minimum absolute atomic E-state index is 0.00591. The van der Waals surface area contributed by atoms with Crippen molar-refractivity contribution < 1.29 is 17.6 Å². The van der Waals surface area contributed by atoms with Crippen LogP contribution in [0.5, 0.6) is 0 Å². The second-order valence-corrected chi connectivity index (χ2v) is 13.7. The van der Waals surface area contributed by atoms with Crippen molar-refractivity contribution in [2.24, 2.45) is 0 Å². The number of sulfonamides is 1. The Morgan fingerprint density at radius 3 is 2.52 bits per heavy atom. The van der Waals surface area contributed by atoms with Crippen LogP contribution in [0.15, 0.2) is 65.6 Å². The summed E-state index contributed by atoms with van der Waals surface area (Å²) >= 11 is 12.0. The van der Waals surface area contributed by atoms with Gasteiger partial charge in [0.2, 0.25) is 15.9 Å². The van der Waals surface area contributed by atoms with E-state index in [2.05, 4.69) is 54.3 Å². The molecule has 0 aromatic heterocycles. The molecule has 0 radical (unpaired) electrons. The molecule has 1 aliphatic carbocycles. The van der Waals surface area contributed by atoms with Crippen molar-refractivity contribution in [1.82, 2.24) is 15.4 Å². The summed E-state index contributed by atoms with van der Waals surface area (Å²) in [5, 5.41) is 6.88. The molecule has 2 atom stereocenters. The molecule has 3 N–H and O–H groups in total.